The van der Waals surface area contributed by atoms with Crippen molar-refractivity contribution in [3.63, 3.8) is 0 Å². The van der Waals surface area contributed by atoms with E-state index in [-0.39, 0.29) is 31.5 Å². The van der Waals surface area contributed by atoms with Crippen LogP contribution in [-0.2, 0) is 4.79 Å². The number of hydrogen-bond donors (Lipinski definition) is 0. The highest BCUT2D eigenvalue weighted by Crippen LogP contribution is 2.50. The van der Waals surface area contributed by atoms with Crippen LogP contribution in [0.1, 0.15) is 0 Å². The molecule has 5 aliphatic heterocycles. The molecule has 0 saturated carbocycles. The molecule has 6 bridgehead atoms. The van der Waals surface area contributed by atoms with E-state index in [1.807, 2.05) is 0 Å². The molecule has 0 radical (unpaired) electrons. The van der Waals surface area contributed by atoms with E-state index in [2.05, 4.69) is 0 Å². The molecular weight excluding hydrogens is 414 g/mol. The normalized spacial score (nSPS) is 33.9. The Labute approximate surface area is 155 Å². The van der Waals surface area contributed by atoms with Crippen molar-refractivity contribution in [2.45, 2.75) is 37.0 Å². The van der Waals surface area contributed by atoms with E-state index in [1.165, 1.54) is 0 Å². The summed E-state index contributed by atoms with van der Waals surface area (Å²) in [5.41, 5.74) is 0. The second-order valence-corrected chi connectivity index (χ2v) is 6.12. The van der Waals surface area contributed by atoms with Crippen LogP contribution in [0, 0.1) is 50.6 Å². The molecule has 6 atom stereocenters. The molecule has 1 amide bonds. The fraction of sp³-hybridized carbons (Fsp3) is 0.857. The maximum atomic E-state index is 11.7. The molecule has 0 unspecified atom stereocenters. The molecule has 29 heavy (non-hydrogen) atoms. The van der Waals surface area contributed by atoms with Gasteiger partial charge in [-0.15, -0.1) is 0 Å². The van der Waals surface area contributed by atoms with E-state index in [4.69, 9.17) is 0 Å². The lowest BCUT2D eigenvalue weighted by Gasteiger charge is -2.43. The summed E-state index contributed by atoms with van der Waals surface area (Å²) in [6, 6.07) is 0. The zero-order valence-corrected chi connectivity index (χ0v) is 13.5. The second kappa shape index (κ2) is 5.26. The largest absolute Gasteiger partial charge is 0.286 e. The molecule has 5 rings (SSSR count). The third kappa shape index (κ3) is 1.80. The van der Waals surface area contributed by atoms with Crippen molar-refractivity contribution in [1.82, 2.24) is 29.9 Å². The standard InChI is InChI=1S/C7H7N11O11/c19-1-8-2-4-11(16(24)25)5-3(8)10(15(22)23)7(13(5)18(28)29)6(9(2)14(20)21)12(4)17(26)27/h1-7H/t2-,3+,4+,5-,6+,7-. The maximum absolute atomic E-state index is 11.7. The van der Waals surface area contributed by atoms with E-state index < -0.39 is 62.2 Å². The van der Waals surface area contributed by atoms with Crippen molar-refractivity contribution < 1.29 is 30.0 Å². The predicted octanol–water partition coefficient (Wildman–Crippen LogP) is -4.08. The van der Waals surface area contributed by atoms with Gasteiger partial charge >= 0.3 is 0 Å². The van der Waals surface area contributed by atoms with E-state index >= 15 is 0 Å². The van der Waals surface area contributed by atoms with Gasteiger partial charge in [-0.25, -0.2) is 50.6 Å². The SMILES string of the molecule is O=CN1[C@H]2[C@H]3N([N+](=O)[O-])[C@H]4[C@@H]1N([N+](=O)[O-])[C@@H]([C@H](N3[N+](=O)[O-])N2[N+](=O)[O-])N4[N+](=O)[O-]. The van der Waals surface area contributed by atoms with Gasteiger partial charge in [-0.3, -0.25) is 9.69 Å². The van der Waals surface area contributed by atoms with Crippen LogP contribution >= 0.6 is 0 Å². The fourth-order valence-corrected chi connectivity index (χ4v) is 4.46. The van der Waals surface area contributed by atoms with Gasteiger partial charge in [-0.05, 0) is 0 Å². The van der Waals surface area contributed by atoms with Crippen molar-refractivity contribution >= 4 is 6.41 Å². The van der Waals surface area contributed by atoms with Crippen LogP contribution in [-0.4, -0.2) is 98.5 Å². The molecule has 22 heteroatoms. The first-order chi connectivity index (χ1) is 13.6. The van der Waals surface area contributed by atoms with Crippen molar-refractivity contribution in [3.05, 3.63) is 50.6 Å². The highest BCUT2D eigenvalue weighted by atomic mass is 16.7. The average Bonchev–Trinajstić information content (AvgIpc) is 3.04. The molecule has 5 heterocycles. The molecule has 22 nitrogen and oxygen atoms in total. The van der Waals surface area contributed by atoms with Crippen molar-refractivity contribution in [2.24, 2.45) is 0 Å². The van der Waals surface area contributed by atoms with Crippen LogP contribution in [0.2, 0.25) is 0 Å². The number of nitro groups is 5. The molecule has 0 N–H and O–H groups in total. The minimum absolute atomic E-state index is 0.00537. The zero-order chi connectivity index (χ0) is 21.5. The molecule has 0 aliphatic carbocycles. The van der Waals surface area contributed by atoms with Crippen LogP contribution in [0.3, 0.4) is 0 Å². The number of hydrogen-bond acceptors (Lipinski definition) is 11. The summed E-state index contributed by atoms with van der Waals surface area (Å²) in [6.45, 7) is 0. The number of carbonyl (C=O) groups is 1. The lowest BCUT2D eigenvalue weighted by Crippen LogP contribution is -2.75. The number of amides is 1. The van der Waals surface area contributed by atoms with Gasteiger partial charge in [0.1, 0.15) is 0 Å². The highest BCUT2D eigenvalue weighted by Gasteiger charge is 2.87. The lowest BCUT2D eigenvalue weighted by atomic mass is 10.1. The third-order valence-corrected chi connectivity index (χ3v) is 5.19. The van der Waals surface area contributed by atoms with Crippen LogP contribution in [0.15, 0.2) is 0 Å². The van der Waals surface area contributed by atoms with Crippen LogP contribution in [0.5, 0.6) is 0 Å². The van der Waals surface area contributed by atoms with Crippen molar-refractivity contribution in [3.8, 4) is 0 Å². The van der Waals surface area contributed by atoms with Gasteiger partial charge in [0.2, 0.25) is 18.7 Å². The van der Waals surface area contributed by atoms with Gasteiger partial charge in [-0.2, -0.15) is 0 Å². The molecule has 0 aromatic rings. The molecule has 0 aromatic carbocycles. The summed E-state index contributed by atoms with van der Waals surface area (Å²) in [5, 5.41) is 51.7. The van der Waals surface area contributed by atoms with E-state index in [0.29, 0.717) is 4.90 Å². The van der Waals surface area contributed by atoms with E-state index in [9.17, 15) is 55.4 Å². The Balaban J connectivity index is 2.10. The zero-order valence-electron chi connectivity index (χ0n) is 13.5. The number of hydrazine groups is 5. The van der Waals surface area contributed by atoms with Crippen LogP contribution in [0.25, 0.3) is 0 Å². The fourth-order valence-electron chi connectivity index (χ4n) is 4.46. The Morgan fingerprint density at radius 3 is 0.897 bits per heavy atom. The van der Waals surface area contributed by atoms with Gasteiger partial charge < -0.3 is 0 Å². The van der Waals surface area contributed by atoms with Gasteiger partial charge in [-0.1, -0.05) is 25.0 Å². The monoisotopic (exact) mass is 421 g/mol. The Morgan fingerprint density at radius 2 is 0.690 bits per heavy atom. The number of carbonyl (C=O) groups excluding carboxylic acids is 1. The minimum Gasteiger partial charge on any atom is -0.286 e. The van der Waals surface area contributed by atoms with E-state index in [0.717, 1.165) is 0 Å². The summed E-state index contributed by atoms with van der Waals surface area (Å²) in [4.78, 5) is 70.3. The van der Waals surface area contributed by atoms with Gasteiger partial charge in [0.15, 0.2) is 25.2 Å². The lowest BCUT2D eigenvalue weighted by molar-refractivity contribution is -0.755. The highest BCUT2D eigenvalue weighted by molar-refractivity contribution is 5.50. The van der Waals surface area contributed by atoms with Crippen LogP contribution < -0.4 is 0 Å². The first kappa shape index (κ1) is 17.9. The quantitative estimate of drug-likeness (QED) is 0.224. The molecule has 5 aliphatic rings. The third-order valence-electron chi connectivity index (χ3n) is 5.19. The van der Waals surface area contributed by atoms with Gasteiger partial charge in [0.05, 0.1) is 0 Å². The first-order valence-electron chi connectivity index (χ1n) is 7.42. The van der Waals surface area contributed by atoms with Crippen LogP contribution in [0.4, 0.5) is 0 Å². The number of rotatable bonds is 6. The first-order valence-corrected chi connectivity index (χ1v) is 7.42. The minimum atomic E-state index is -2.31. The Morgan fingerprint density at radius 1 is 0.483 bits per heavy atom. The van der Waals surface area contributed by atoms with Crippen molar-refractivity contribution in [1.29, 1.82) is 0 Å². The molecular formula is C7H7N11O11. The summed E-state index contributed by atoms with van der Waals surface area (Å²) in [7, 11) is 0. The average molecular weight is 421 g/mol. The van der Waals surface area contributed by atoms with E-state index in [1.54, 1.807) is 0 Å². The van der Waals surface area contributed by atoms with Gasteiger partial charge in [0.25, 0.3) is 24.7 Å². The van der Waals surface area contributed by atoms with Crippen molar-refractivity contribution in [2.75, 3.05) is 0 Å². The topological polar surface area (TPSA) is 252 Å². The molecule has 0 spiro atoms. The smallest absolute Gasteiger partial charge is 0.272 e. The summed E-state index contributed by atoms with van der Waals surface area (Å²) < 4.78 is 0. The second-order valence-electron chi connectivity index (χ2n) is 6.12. The number of piperazine rings is 1. The Hall–Kier alpha value is -4.53. The molecule has 5 saturated heterocycles. The maximum Gasteiger partial charge on any atom is 0.272 e. The molecule has 0 aromatic heterocycles. The molecule has 5 fully saturated rings. The summed E-state index contributed by atoms with van der Waals surface area (Å²) in [5.74, 6) is 0. The summed E-state index contributed by atoms with van der Waals surface area (Å²) >= 11 is 0. The number of nitrogens with zero attached hydrogens (tertiary/aromatic N) is 11. The van der Waals surface area contributed by atoms with Gasteiger partial charge in [0, 0.05) is 0 Å². The molecule has 156 valence electrons. The predicted molar refractivity (Wildman–Crippen MR) is 74.8 cm³/mol. The Bertz CT molecular complexity index is 808. The summed E-state index contributed by atoms with van der Waals surface area (Å²) in [6.07, 6.45) is -13.0. The Kier molecular flexibility index (Phi) is 3.24.